The molecule has 1 saturated carbocycles. The lowest BCUT2D eigenvalue weighted by molar-refractivity contribution is 0.0518. The number of rotatable bonds is 4. The molecule has 11 nitrogen and oxygen atoms in total. The minimum atomic E-state index is -0.508. The molecule has 3 atom stereocenters. The number of nitrogens with zero attached hydrogens (tertiary/aromatic N) is 8. The number of alkyl carbamates (subject to hydrolysis) is 1. The van der Waals surface area contributed by atoms with E-state index in [4.69, 9.17) is 14.7 Å². The Labute approximate surface area is 213 Å². The van der Waals surface area contributed by atoms with Gasteiger partial charge in [0.1, 0.15) is 17.5 Å². The number of ether oxygens (including phenoxy) is 1. The van der Waals surface area contributed by atoms with Gasteiger partial charge in [0.15, 0.2) is 0 Å². The second kappa shape index (κ2) is 8.30. The van der Waals surface area contributed by atoms with Gasteiger partial charge >= 0.3 is 6.09 Å². The lowest BCUT2D eigenvalue weighted by atomic mass is 10.0. The molecule has 0 spiro atoms. The van der Waals surface area contributed by atoms with Crippen LogP contribution in [0.4, 0.5) is 10.6 Å². The van der Waals surface area contributed by atoms with E-state index in [2.05, 4.69) is 26.5 Å². The summed E-state index contributed by atoms with van der Waals surface area (Å²) in [4.78, 5) is 23.7. The van der Waals surface area contributed by atoms with E-state index in [0.29, 0.717) is 28.6 Å². The van der Waals surface area contributed by atoms with Crippen molar-refractivity contribution in [2.75, 3.05) is 18.0 Å². The summed E-state index contributed by atoms with van der Waals surface area (Å²) < 4.78 is 8.83. The van der Waals surface area contributed by atoms with E-state index in [1.54, 1.807) is 34.0 Å². The number of pyridine rings is 1. The van der Waals surface area contributed by atoms with E-state index in [0.717, 1.165) is 35.6 Å². The summed E-state index contributed by atoms with van der Waals surface area (Å²) in [6.45, 7) is 7.19. The lowest BCUT2D eigenvalue weighted by Gasteiger charge is -2.23. The average Bonchev–Trinajstić information content (AvgIpc) is 3.31. The Morgan fingerprint density at radius 1 is 1.08 bits per heavy atom. The van der Waals surface area contributed by atoms with Crippen molar-refractivity contribution in [2.45, 2.75) is 32.4 Å². The van der Waals surface area contributed by atoms with Crippen LogP contribution < -0.4 is 10.2 Å². The number of hydrogen-bond acceptors (Lipinski definition) is 8. The molecule has 5 heterocycles. The number of amides is 1. The number of hydrogen-bond donors (Lipinski definition) is 1. The summed E-state index contributed by atoms with van der Waals surface area (Å²) in [5, 5.41) is 21.3. The number of fused-ring (bicyclic) bond motifs is 2. The second-order valence-electron chi connectivity index (χ2n) is 10.7. The fourth-order valence-electron chi connectivity index (χ4n) is 5.12. The van der Waals surface area contributed by atoms with Gasteiger partial charge in [-0.1, -0.05) is 0 Å². The van der Waals surface area contributed by atoms with Crippen molar-refractivity contribution in [1.82, 2.24) is 34.7 Å². The molecule has 4 aromatic heterocycles. The maximum absolute atomic E-state index is 12.1. The Balaban J connectivity index is 1.21. The van der Waals surface area contributed by atoms with Crippen molar-refractivity contribution >= 4 is 17.4 Å². The van der Waals surface area contributed by atoms with E-state index >= 15 is 0 Å². The second-order valence-corrected chi connectivity index (χ2v) is 10.7. The SMILES string of the molecule is Cn1cc(-c2cc(-c3cnc(N4C[C@@H]5C(NC(=O)OC(C)(C)C)[C@@H]5C4)cn3)c3c(C#N)cnn3c2)cn1. The highest BCUT2D eigenvalue weighted by atomic mass is 16.6. The van der Waals surface area contributed by atoms with Crippen LogP contribution in [0.1, 0.15) is 26.3 Å². The molecule has 0 bridgehead atoms. The molecule has 1 aliphatic carbocycles. The van der Waals surface area contributed by atoms with Crippen molar-refractivity contribution in [3.8, 4) is 28.5 Å². The van der Waals surface area contributed by atoms with E-state index in [1.807, 2.05) is 46.3 Å². The number of piperidine rings is 1. The number of nitriles is 1. The zero-order chi connectivity index (χ0) is 25.9. The number of carbonyl (C=O) groups excluding carboxylic acids is 1. The summed E-state index contributed by atoms with van der Waals surface area (Å²) >= 11 is 0. The molecule has 1 aliphatic heterocycles. The Morgan fingerprint density at radius 2 is 1.86 bits per heavy atom. The Hall–Kier alpha value is -4.46. The van der Waals surface area contributed by atoms with Gasteiger partial charge in [-0.25, -0.2) is 14.3 Å². The van der Waals surface area contributed by atoms with Gasteiger partial charge in [-0.3, -0.25) is 9.67 Å². The minimum absolute atomic E-state index is 0.146. The zero-order valence-corrected chi connectivity index (χ0v) is 21.1. The van der Waals surface area contributed by atoms with Gasteiger partial charge in [-0.15, -0.1) is 0 Å². The van der Waals surface area contributed by atoms with Crippen molar-refractivity contribution in [1.29, 1.82) is 5.26 Å². The van der Waals surface area contributed by atoms with E-state index in [1.165, 1.54) is 0 Å². The number of anilines is 1. The fourth-order valence-corrected chi connectivity index (χ4v) is 5.12. The predicted molar refractivity (Wildman–Crippen MR) is 135 cm³/mol. The Bertz CT molecular complexity index is 1530. The molecule has 6 rings (SSSR count). The molecular weight excluding hydrogens is 470 g/mol. The third kappa shape index (κ3) is 4.24. The number of carbonyl (C=O) groups is 1. The predicted octanol–water partition coefficient (Wildman–Crippen LogP) is 3.02. The standard InChI is InChI=1S/C26H27N9O2/c1-26(2,3)37-25(36)32-23-19-13-34(14-20(19)23)22-10-28-21(9-29-22)18-5-15(17-8-30-33(4)11-17)12-35-24(18)16(6-27)7-31-35/h5,7-12,19-20,23H,13-14H2,1-4H3,(H,32,36)/t19-,20+,23?. The van der Waals surface area contributed by atoms with E-state index in [9.17, 15) is 10.1 Å². The summed E-state index contributed by atoms with van der Waals surface area (Å²) in [6.07, 6.45) is 10.3. The zero-order valence-electron chi connectivity index (χ0n) is 21.1. The lowest BCUT2D eigenvalue weighted by Crippen LogP contribution is -2.38. The third-order valence-electron chi connectivity index (χ3n) is 6.89. The van der Waals surface area contributed by atoms with E-state index in [-0.39, 0.29) is 12.1 Å². The molecule has 188 valence electrons. The van der Waals surface area contributed by atoms with Crippen LogP contribution in [0.25, 0.3) is 27.9 Å². The summed E-state index contributed by atoms with van der Waals surface area (Å²) in [6, 6.07) is 4.37. The first-order valence-corrected chi connectivity index (χ1v) is 12.2. The number of aryl methyl sites for hydroxylation is 1. The highest BCUT2D eigenvalue weighted by Crippen LogP contribution is 2.46. The first kappa shape index (κ1) is 23.0. The molecule has 11 heteroatoms. The van der Waals surface area contributed by atoms with Crippen molar-refractivity contribution in [3.63, 3.8) is 0 Å². The van der Waals surface area contributed by atoms with Crippen molar-refractivity contribution in [2.24, 2.45) is 18.9 Å². The van der Waals surface area contributed by atoms with Crippen molar-refractivity contribution in [3.05, 3.63) is 48.8 Å². The topological polar surface area (TPSA) is 126 Å². The van der Waals surface area contributed by atoms with Crippen LogP contribution in [0.15, 0.2) is 43.2 Å². The summed E-state index contributed by atoms with van der Waals surface area (Å²) in [7, 11) is 1.87. The van der Waals surface area contributed by atoms with Gasteiger partial charge in [-0.2, -0.15) is 15.5 Å². The molecule has 1 saturated heterocycles. The molecule has 0 aromatic carbocycles. The van der Waals surface area contributed by atoms with Gasteiger partial charge in [0.05, 0.1) is 41.6 Å². The largest absolute Gasteiger partial charge is 0.444 e. The molecule has 37 heavy (non-hydrogen) atoms. The molecule has 1 amide bonds. The van der Waals surface area contributed by atoms with E-state index < -0.39 is 5.60 Å². The number of nitrogens with one attached hydrogen (secondary N) is 1. The van der Waals surface area contributed by atoms with Gasteiger partial charge in [0, 0.05) is 67.1 Å². The Kier molecular flexibility index (Phi) is 5.15. The fraction of sp³-hybridized carbons (Fsp3) is 0.385. The van der Waals surface area contributed by atoms with Gasteiger partial charge < -0.3 is 15.0 Å². The average molecular weight is 498 g/mol. The maximum Gasteiger partial charge on any atom is 0.407 e. The third-order valence-corrected chi connectivity index (χ3v) is 6.89. The normalized spacial score (nSPS) is 20.5. The molecule has 2 aliphatic rings. The van der Waals surface area contributed by atoms with Crippen LogP contribution in [0.5, 0.6) is 0 Å². The van der Waals surface area contributed by atoms with Crippen LogP contribution in [0.2, 0.25) is 0 Å². The highest BCUT2D eigenvalue weighted by molar-refractivity contribution is 5.86. The maximum atomic E-state index is 12.1. The quantitative estimate of drug-likeness (QED) is 0.456. The molecular formula is C26H27N9O2. The minimum Gasteiger partial charge on any atom is -0.444 e. The molecule has 1 N–H and O–H groups in total. The summed E-state index contributed by atoms with van der Waals surface area (Å²) in [5.41, 5.74) is 3.95. The first-order chi connectivity index (χ1) is 17.7. The molecule has 0 radical (unpaired) electrons. The van der Waals surface area contributed by atoms with Crippen LogP contribution >= 0.6 is 0 Å². The van der Waals surface area contributed by atoms with Crippen LogP contribution in [-0.2, 0) is 11.8 Å². The summed E-state index contributed by atoms with van der Waals surface area (Å²) in [5.74, 6) is 1.56. The molecule has 2 fully saturated rings. The first-order valence-electron chi connectivity index (χ1n) is 12.2. The Morgan fingerprint density at radius 3 is 2.49 bits per heavy atom. The van der Waals surface area contributed by atoms with Crippen molar-refractivity contribution < 1.29 is 9.53 Å². The monoisotopic (exact) mass is 497 g/mol. The van der Waals surface area contributed by atoms with Gasteiger partial charge in [-0.05, 0) is 26.8 Å². The van der Waals surface area contributed by atoms with Crippen LogP contribution in [0.3, 0.4) is 0 Å². The molecule has 1 unspecified atom stereocenters. The van der Waals surface area contributed by atoms with Crippen LogP contribution in [-0.4, -0.2) is 60.2 Å². The number of aromatic nitrogens is 6. The van der Waals surface area contributed by atoms with Gasteiger partial charge in [0.25, 0.3) is 0 Å². The smallest absolute Gasteiger partial charge is 0.407 e. The van der Waals surface area contributed by atoms with Gasteiger partial charge in [0.2, 0.25) is 0 Å². The van der Waals surface area contributed by atoms with Crippen LogP contribution in [0, 0.1) is 23.2 Å². The molecule has 4 aromatic rings. The highest BCUT2D eigenvalue weighted by Gasteiger charge is 2.57.